The van der Waals surface area contributed by atoms with Gasteiger partial charge in [-0.25, -0.2) is 9.50 Å². The number of nitrogens with one attached hydrogen (secondary N) is 2. The quantitative estimate of drug-likeness (QED) is 0.607. The van der Waals surface area contributed by atoms with Crippen LogP contribution in [0.15, 0.2) is 42.5 Å². The normalized spacial score (nSPS) is 10.8. The number of benzene rings is 2. The van der Waals surface area contributed by atoms with E-state index in [0.29, 0.717) is 17.3 Å². The highest BCUT2D eigenvalue weighted by Crippen LogP contribution is 2.26. The summed E-state index contributed by atoms with van der Waals surface area (Å²) in [5.41, 5.74) is 2.97. The minimum Gasteiger partial charge on any atom is -0.495 e. The maximum absolute atomic E-state index is 8.95. The summed E-state index contributed by atoms with van der Waals surface area (Å²) in [4.78, 5) is 8.85. The lowest BCUT2D eigenvalue weighted by molar-refractivity contribution is 0.417. The molecular formula is C16H12N6O. The Bertz CT molecular complexity index is 1060. The number of fused-ring (bicyclic) bond motifs is 3. The second-order valence-electron chi connectivity index (χ2n) is 4.96. The minimum atomic E-state index is 0.535. The number of aromatic amines is 1. The van der Waals surface area contributed by atoms with E-state index in [4.69, 9.17) is 10.00 Å². The molecule has 0 aliphatic rings. The molecule has 0 saturated heterocycles. The van der Waals surface area contributed by atoms with E-state index in [2.05, 4.69) is 26.5 Å². The molecule has 0 aliphatic carbocycles. The molecule has 0 bridgehead atoms. The van der Waals surface area contributed by atoms with Crippen LogP contribution in [0.25, 0.3) is 16.8 Å². The van der Waals surface area contributed by atoms with Gasteiger partial charge in [0.1, 0.15) is 5.75 Å². The molecule has 0 saturated carbocycles. The summed E-state index contributed by atoms with van der Waals surface area (Å²) in [5.74, 6) is 1.82. The molecule has 7 nitrogen and oxygen atoms in total. The maximum Gasteiger partial charge on any atom is 0.253 e. The van der Waals surface area contributed by atoms with Gasteiger partial charge >= 0.3 is 0 Å². The van der Waals surface area contributed by atoms with Crippen molar-refractivity contribution in [3.63, 3.8) is 0 Å². The van der Waals surface area contributed by atoms with Gasteiger partial charge in [0, 0.05) is 0 Å². The Morgan fingerprint density at radius 1 is 1.22 bits per heavy atom. The van der Waals surface area contributed by atoms with Crippen molar-refractivity contribution in [1.82, 2.24) is 19.6 Å². The molecule has 2 N–H and O–H groups in total. The number of nitriles is 1. The Morgan fingerprint density at radius 3 is 2.91 bits per heavy atom. The van der Waals surface area contributed by atoms with E-state index >= 15 is 0 Å². The highest BCUT2D eigenvalue weighted by molar-refractivity contribution is 5.81. The largest absolute Gasteiger partial charge is 0.495 e. The highest BCUT2D eigenvalue weighted by Gasteiger charge is 2.11. The van der Waals surface area contributed by atoms with Gasteiger partial charge in [-0.3, -0.25) is 5.10 Å². The number of hydrogen-bond donors (Lipinski definition) is 2. The van der Waals surface area contributed by atoms with Crippen molar-refractivity contribution in [2.45, 2.75) is 0 Å². The van der Waals surface area contributed by atoms with Gasteiger partial charge < -0.3 is 10.1 Å². The zero-order valence-corrected chi connectivity index (χ0v) is 12.2. The second-order valence-corrected chi connectivity index (χ2v) is 4.96. The molecule has 0 spiro atoms. The van der Waals surface area contributed by atoms with Crippen LogP contribution in [0.3, 0.4) is 0 Å². The fourth-order valence-corrected chi connectivity index (χ4v) is 2.48. The van der Waals surface area contributed by atoms with Crippen LogP contribution < -0.4 is 10.1 Å². The van der Waals surface area contributed by atoms with Gasteiger partial charge in [-0.2, -0.15) is 10.2 Å². The number of ether oxygens (including phenoxy) is 1. The molecule has 23 heavy (non-hydrogen) atoms. The van der Waals surface area contributed by atoms with Gasteiger partial charge in [-0.1, -0.05) is 12.1 Å². The van der Waals surface area contributed by atoms with Crippen molar-refractivity contribution in [3.8, 4) is 11.8 Å². The van der Waals surface area contributed by atoms with Crippen LogP contribution in [0.2, 0.25) is 0 Å². The lowest BCUT2D eigenvalue weighted by Crippen LogP contribution is -1.96. The van der Waals surface area contributed by atoms with Gasteiger partial charge in [-0.05, 0) is 30.3 Å². The molecule has 0 unspecified atom stereocenters. The predicted molar refractivity (Wildman–Crippen MR) is 85.8 cm³/mol. The Hall–Kier alpha value is -3.53. The molecule has 4 rings (SSSR count). The first-order chi connectivity index (χ1) is 11.3. The number of aromatic nitrogens is 4. The fourth-order valence-electron chi connectivity index (χ4n) is 2.48. The third-order valence-corrected chi connectivity index (χ3v) is 3.56. The number of rotatable bonds is 3. The van der Waals surface area contributed by atoms with E-state index in [1.54, 1.807) is 23.8 Å². The van der Waals surface area contributed by atoms with Gasteiger partial charge in [0.15, 0.2) is 0 Å². The van der Waals surface area contributed by atoms with Crippen molar-refractivity contribution >= 4 is 28.4 Å². The van der Waals surface area contributed by atoms with Gasteiger partial charge in [-0.15, -0.1) is 0 Å². The SMILES string of the molecule is COc1ccccc1Nc1nc2nc3cc(C#N)ccc3n2[nH]1. The van der Waals surface area contributed by atoms with Gasteiger partial charge in [0.25, 0.3) is 5.78 Å². The highest BCUT2D eigenvalue weighted by atomic mass is 16.5. The number of anilines is 2. The van der Waals surface area contributed by atoms with E-state index in [-0.39, 0.29) is 0 Å². The van der Waals surface area contributed by atoms with Crippen LogP contribution >= 0.6 is 0 Å². The van der Waals surface area contributed by atoms with E-state index < -0.39 is 0 Å². The number of methoxy groups -OCH3 is 1. The van der Waals surface area contributed by atoms with Crippen molar-refractivity contribution in [1.29, 1.82) is 5.26 Å². The van der Waals surface area contributed by atoms with Crippen molar-refractivity contribution in [3.05, 3.63) is 48.0 Å². The smallest absolute Gasteiger partial charge is 0.253 e. The molecule has 0 aliphatic heterocycles. The van der Waals surface area contributed by atoms with E-state index in [9.17, 15) is 0 Å². The fraction of sp³-hybridized carbons (Fsp3) is 0.0625. The molecule has 0 fully saturated rings. The number of para-hydroxylation sites is 2. The monoisotopic (exact) mass is 304 g/mol. The van der Waals surface area contributed by atoms with Crippen molar-refractivity contribution in [2.24, 2.45) is 0 Å². The van der Waals surface area contributed by atoms with Crippen molar-refractivity contribution in [2.75, 3.05) is 12.4 Å². The number of nitrogens with zero attached hydrogens (tertiary/aromatic N) is 4. The first kappa shape index (κ1) is 13.2. The molecule has 0 atom stereocenters. The summed E-state index contributed by atoms with van der Waals surface area (Å²) < 4.78 is 7.08. The predicted octanol–water partition coefficient (Wildman–Crippen LogP) is 2.83. The first-order valence-corrected chi connectivity index (χ1v) is 6.97. The standard InChI is InChI=1S/C16H12N6O/c1-23-14-5-3-2-4-11(14)18-15-20-16-19-12-8-10(9-17)6-7-13(12)22(16)21-15/h2-8H,1H3,(H2,18,19,20,21). The summed E-state index contributed by atoms with van der Waals surface area (Å²) in [6, 6.07) is 15.0. The number of imidazole rings is 1. The summed E-state index contributed by atoms with van der Waals surface area (Å²) >= 11 is 0. The van der Waals surface area contributed by atoms with Crippen molar-refractivity contribution < 1.29 is 4.74 Å². The topological polar surface area (TPSA) is 91.0 Å². The molecule has 2 aromatic carbocycles. The average Bonchev–Trinajstić information content (AvgIpc) is 3.11. The number of H-pyrrole nitrogens is 1. The minimum absolute atomic E-state index is 0.535. The van der Waals surface area contributed by atoms with E-state index in [1.165, 1.54) is 0 Å². The molecule has 112 valence electrons. The summed E-state index contributed by atoms with van der Waals surface area (Å²) in [7, 11) is 1.62. The average molecular weight is 304 g/mol. The Labute approximate surface area is 131 Å². The Kier molecular flexibility index (Phi) is 2.88. The molecule has 7 heteroatoms. The Balaban J connectivity index is 1.76. The molecule has 2 heterocycles. The van der Waals surface area contributed by atoms with Crippen LogP contribution in [-0.4, -0.2) is 26.7 Å². The van der Waals surface area contributed by atoms with E-state index in [0.717, 1.165) is 22.5 Å². The van der Waals surface area contributed by atoms with Crippen LogP contribution in [0.4, 0.5) is 11.6 Å². The third kappa shape index (κ3) is 2.13. The van der Waals surface area contributed by atoms with Gasteiger partial charge in [0.05, 0.1) is 35.5 Å². The van der Waals surface area contributed by atoms with E-state index in [1.807, 2.05) is 30.3 Å². The van der Waals surface area contributed by atoms with Crippen LogP contribution in [-0.2, 0) is 0 Å². The number of hydrogen-bond acceptors (Lipinski definition) is 5. The third-order valence-electron chi connectivity index (χ3n) is 3.56. The zero-order chi connectivity index (χ0) is 15.8. The molecule has 2 aromatic heterocycles. The lowest BCUT2D eigenvalue weighted by Gasteiger charge is -2.07. The summed E-state index contributed by atoms with van der Waals surface area (Å²) in [5, 5.41) is 15.3. The molecule has 0 amide bonds. The van der Waals surface area contributed by atoms with Crippen LogP contribution in [0.1, 0.15) is 5.56 Å². The summed E-state index contributed by atoms with van der Waals surface area (Å²) in [6.07, 6.45) is 0. The van der Waals surface area contributed by atoms with Gasteiger partial charge in [0.2, 0.25) is 5.95 Å². The second kappa shape index (κ2) is 5.03. The van der Waals surface area contributed by atoms with Crippen LogP contribution in [0.5, 0.6) is 5.75 Å². The summed E-state index contributed by atoms with van der Waals surface area (Å²) in [6.45, 7) is 0. The van der Waals surface area contributed by atoms with Crippen LogP contribution in [0, 0.1) is 11.3 Å². The zero-order valence-electron chi connectivity index (χ0n) is 12.2. The lowest BCUT2D eigenvalue weighted by atomic mass is 10.2. The first-order valence-electron chi connectivity index (χ1n) is 6.97. The molecule has 4 aromatic rings. The molecule has 0 radical (unpaired) electrons. The maximum atomic E-state index is 8.95. The Morgan fingerprint density at radius 2 is 2.09 bits per heavy atom. The molecular weight excluding hydrogens is 292 g/mol.